The summed E-state index contributed by atoms with van der Waals surface area (Å²) in [5.74, 6) is 0. The van der Waals surface area contributed by atoms with Crippen LogP contribution in [-0.4, -0.2) is 4.57 Å². The number of para-hydroxylation sites is 1. The van der Waals surface area contributed by atoms with E-state index in [0.29, 0.717) is 55.3 Å². The van der Waals surface area contributed by atoms with Crippen LogP contribution < -0.4 is 0 Å². The molecule has 0 saturated heterocycles. The fourth-order valence-electron chi connectivity index (χ4n) is 13.9. The van der Waals surface area contributed by atoms with Crippen LogP contribution in [0.25, 0.3) is 150 Å². The number of fused-ring (bicyclic) bond motifs is 3. The van der Waals surface area contributed by atoms with E-state index in [2.05, 4.69) is 85.8 Å². The van der Waals surface area contributed by atoms with E-state index in [4.69, 9.17) is 0 Å². The van der Waals surface area contributed by atoms with Crippen molar-refractivity contribution >= 4 is 21.8 Å². The lowest BCUT2D eigenvalue weighted by atomic mass is 9.86. The Labute approximate surface area is 560 Å². The summed E-state index contributed by atoms with van der Waals surface area (Å²) in [6.07, 6.45) is -14.9. The largest absolute Gasteiger partial charge is 0.417 e. The van der Waals surface area contributed by atoms with Crippen LogP contribution in [-0.2, 0) is 18.5 Å². The fourth-order valence-corrected chi connectivity index (χ4v) is 13.9. The standard InChI is InChI=1S/C88H56F9N/c1-55-22-8-9-27-69(55)77-35-16-14-32-74(77)64-46-60(44-62(48-64)72-30-12-10-28-70(72)56-23-4-2-5-24-56)58-40-42-84-80(52-58)81-53-59(41-43-85(81)98(84)83-39-21-19-34-76(83)66-50-67(86(89,90)91)54-68(51-66)87(92,93)94)61-45-63(73-31-13-11-29-71(73)57-25-6-3-7-26-57)49-65(47-61)75-33-15-17-36-78(75)79-37-18-20-38-82(79)88(95,96)97/h2-54H,1H3. The number of hydrogen-bond acceptors (Lipinski definition) is 0. The Morgan fingerprint density at radius 3 is 0.949 bits per heavy atom. The molecular formula is C88H56F9N. The van der Waals surface area contributed by atoms with E-state index in [9.17, 15) is 39.5 Å². The molecule has 0 aliphatic rings. The molecule has 0 spiro atoms. The van der Waals surface area contributed by atoms with Crippen LogP contribution in [0.1, 0.15) is 22.3 Å². The molecule has 0 fully saturated rings. The molecule has 0 N–H and O–H groups in total. The summed E-state index contributed by atoms with van der Waals surface area (Å²) in [5.41, 5.74) is 15.1. The Kier molecular flexibility index (Phi) is 16.0. The average Bonchev–Trinajstić information content (AvgIpc) is 1.56. The number of aromatic nitrogens is 1. The zero-order valence-corrected chi connectivity index (χ0v) is 52.4. The lowest BCUT2D eigenvalue weighted by molar-refractivity contribution is -0.143. The van der Waals surface area contributed by atoms with Crippen LogP contribution in [0.15, 0.2) is 322 Å². The van der Waals surface area contributed by atoms with Gasteiger partial charge in [-0.25, -0.2) is 0 Å². The maximum absolute atomic E-state index is 15.0. The molecule has 0 bridgehead atoms. The predicted octanol–water partition coefficient (Wildman–Crippen LogP) is 26.5. The third kappa shape index (κ3) is 11.9. The highest BCUT2D eigenvalue weighted by Crippen LogP contribution is 2.48. The fraction of sp³-hybridized carbons (Fsp3) is 0.0455. The second kappa shape index (κ2) is 25.1. The molecule has 0 saturated carbocycles. The monoisotopic (exact) mass is 1300 g/mol. The minimum atomic E-state index is -5.11. The summed E-state index contributed by atoms with van der Waals surface area (Å²) in [7, 11) is 0. The molecule has 1 nitrogen and oxygen atoms in total. The predicted molar refractivity (Wildman–Crippen MR) is 380 cm³/mol. The quantitative estimate of drug-likeness (QED) is 0.107. The molecule has 10 heteroatoms. The normalized spacial score (nSPS) is 12.0. The Morgan fingerprint density at radius 1 is 0.214 bits per heavy atom. The third-order valence-corrected chi connectivity index (χ3v) is 18.4. The first-order valence-corrected chi connectivity index (χ1v) is 31.9. The van der Waals surface area contributed by atoms with Gasteiger partial charge in [0.25, 0.3) is 0 Å². The number of rotatable bonds is 12. The highest BCUT2D eigenvalue weighted by molar-refractivity contribution is 6.13. The van der Waals surface area contributed by atoms with Gasteiger partial charge in [0.2, 0.25) is 0 Å². The molecule has 0 atom stereocenters. The van der Waals surface area contributed by atoms with E-state index in [1.54, 1.807) is 36.4 Å². The van der Waals surface area contributed by atoms with Gasteiger partial charge in [-0.15, -0.1) is 0 Å². The number of benzene rings is 14. The van der Waals surface area contributed by atoms with Gasteiger partial charge < -0.3 is 4.57 Å². The van der Waals surface area contributed by atoms with Crippen molar-refractivity contribution < 1.29 is 39.5 Å². The van der Waals surface area contributed by atoms with Gasteiger partial charge in [-0.1, -0.05) is 231 Å². The van der Waals surface area contributed by atoms with Gasteiger partial charge in [-0.3, -0.25) is 0 Å². The van der Waals surface area contributed by atoms with E-state index in [0.717, 1.165) is 102 Å². The first kappa shape index (κ1) is 62.4. The molecular weight excluding hydrogens is 1240 g/mol. The maximum atomic E-state index is 15.0. The molecule has 0 aliphatic heterocycles. The van der Waals surface area contributed by atoms with Crippen molar-refractivity contribution in [2.24, 2.45) is 0 Å². The lowest BCUT2D eigenvalue weighted by Crippen LogP contribution is -2.11. The van der Waals surface area contributed by atoms with Crippen molar-refractivity contribution in [3.05, 3.63) is 344 Å². The summed E-state index contributed by atoms with van der Waals surface area (Å²) in [6.45, 7) is 2.10. The summed E-state index contributed by atoms with van der Waals surface area (Å²) >= 11 is 0. The second-order valence-electron chi connectivity index (χ2n) is 24.5. The third-order valence-electron chi connectivity index (χ3n) is 18.4. The van der Waals surface area contributed by atoms with Gasteiger partial charge >= 0.3 is 18.5 Å². The Balaban J connectivity index is 1.00. The molecule has 0 amide bonds. The van der Waals surface area contributed by atoms with Crippen molar-refractivity contribution in [1.82, 2.24) is 4.57 Å². The summed E-state index contributed by atoms with van der Waals surface area (Å²) in [4.78, 5) is 0. The molecule has 1 heterocycles. The topological polar surface area (TPSA) is 4.93 Å². The number of hydrogen-bond donors (Lipinski definition) is 0. The van der Waals surface area contributed by atoms with E-state index >= 15 is 0 Å². The van der Waals surface area contributed by atoms with Crippen LogP contribution in [0.3, 0.4) is 0 Å². The molecule has 14 aromatic carbocycles. The molecule has 0 radical (unpaired) electrons. The number of halogens is 9. The highest BCUT2D eigenvalue weighted by Gasteiger charge is 2.38. The van der Waals surface area contributed by atoms with Gasteiger partial charge in [0.15, 0.2) is 0 Å². The zero-order chi connectivity index (χ0) is 67.5. The smallest absolute Gasteiger partial charge is 0.309 e. The van der Waals surface area contributed by atoms with Crippen LogP contribution in [0.5, 0.6) is 0 Å². The molecule has 15 rings (SSSR count). The van der Waals surface area contributed by atoms with Crippen LogP contribution >= 0.6 is 0 Å². The van der Waals surface area contributed by atoms with E-state index in [1.807, 2.05) is 168 Å². The summed E-state index contributed by atoms with van der Waals surface area (Å²) in [6, 6.07) is 98.4. The number of aryl methyl sites for hydroxylation is 1. The minimum Gasteiger partial charge on any atom is -0.309 e. The van der Waals surface area contributed by atoms with E-state index in [-0.39, 0.29) is 22.8 Å². The molecule has 15 aromatic rings. The van der Waals surface area contributed by atoms with E-state index < -0.39 is 35.2 Å². The molecule has 1 aromatic heterocycles. The first-order chi connectivity index (χ1) is 47.4. The van der Waals surface area contributed by atoms with Gasteiger partial charge in [0.1, 0.15) is 0 Å². The summed E-state index contributed by atoms with van der Waals surface area (Å²) < 4.78 is 135. The van der Waals surface area contributed by atoms with Crippen molar-refractivity contribution in [2.75, 3.05) is 0 Å². The van der Waals surface area contributed by atoms with Gasteiger partial charge in [-0.05, 0) is 220 Å². The van der Waals surface area contributed by atoms with Crippen molar-refractivity contribution in [3.8, 4) is 128 Å². The molecule has 476 valence electrons. The van der Waals surface area contributed by atoms with Crippen molar-refractivity contribution in [1.29, 1.82) is 0 Å². The van der Waals surface area contributed by atoms with Crippen LogP contribution in [0.2, 0.25) is 0 Å². The maximum Gasteiger partial charge on any atom is 0.417 e. The van der Waals surface area contributed by atoms with Gasteiger partial charge in [0.05, 0.1) is 33.4 Å². The Morgan fingerprint density at radius 2 is 0.531 bits per heavy atom. The zero-order valence-electron chi connectivity index (χ0n) is 52.4. The number of alkyl halides is 9. The molecule has 0 aliphatic carbocycles. The highest BCUT2D eigenvalue weighted by atomic mass is 19.4. The first-order valence-electron chi connectivity index (χ1n) is 31.9. The average molecular weight is 1300 g/mol. The molecule has 98 heavy (non-hydrogen) atoms. The van der Waals surface area contributed by atoms with Crippen molar-refractivity contribution in [3.63, 3.8) is 0 Å². The van der Waals surface area contributed by atoms with Gasteiger partial charge in [0, 0.05) is 16.3 Å². The lowest BCUT2D eigenvalue weighted by Gasteiger charge is -2.19. The van der Waals surface area contributed by atoms with Crippen LogP contribution in [0, 0.1) is 6.92 Å². The molecule has 0 unspecified atom stereocenters. The Hall–Kier alpha value is -11.8. The SMILES string of the molecule is Cc1ccccc1-c1ccccc1-c1cc(-c2ccc3c(c2)c2cc(-c4cc(-c5ccccc5-c5ccccc5)cc(-c5ccccc5-c5ccccc5C(F)(F)F)c4)ccc2n3-c2ccccc2-c2cc(C(F)(F)F)cc(C(F)(F)F)c2)cc(-c2ccccc2-c2ccccc2)c1. The Bertz CT molecular complexity index is 5510. The summed E-state index contributed by atoms with van der Waals surface area (Å²) in [5, 5.41) is 1.41. The minimum absolute atomic E-state index is 0.0193. The van der Waals surface area contributed by atoms with Crippen LogP contribution in [0.4, 0.5) is 39.5 Å². The van der Waals surface area contributed by atoms with E-state index in [1.165, 1.54) is 18.2 Å². The second-order valence-corrected chi connectivity index (χ2v) is 24.5. The van der Waals surface area contributed by atoms with Gasteiger partial charge in [-0.2, -0.15) is 39.5 Å². The van der Waals surface area contributed by atoms with Crippen molar-refractivity contribution in [2.45, 2.75) is 25.5 Å². The number of nitrogens with zero attached hydrogens (tertiary/aromatic N) is 1.